The molecule has 3 aromatic rings. The number of hydrogen-bond donors (Lipinski definition) is 0. The highest BCUT2D eigenvalue weighted by Crippen LogP contribution is 2.41. The zero-order valence-electron chi connectivity index (χ0n) is 13.2. The van der Waals surface area contributed by atoms with E-state index in [1.165, 1.54) is 0 Å². The van der Waals surface area contributed by atoms with Crippen LogP contribution in [0, 0.1) is 0 Å². The third-order valence-electron chi connectivity index (χ3n) is 3.52. The van der Waals surface area contributed by atoms with Gasteiger partial charge in [-0.15, -0.1) is 11.3 Å². The Bertz CT molecular complexity index is 814. The largest absolute Gasteiger partial charge is 0.496 e. The van der Waals surface area contributed by atoms with Crippen molar-refractivity contribution in [3.8, 4) is 39.1 Å². The Hall–Kier alpha value is -2.53. The number of methoxy groups -OCH3 is 3. The molecule has 0 fully saturated rings. The third-order valence-corrected chi connectivity index (χ3v) is 4.40. The number of thiazole rings is 1. The number of hydrogen-bond acceptors (Lipinski definition) is 5. The van der Waals surface area contributed by atoms with Gasteiger partial charge in [-0.3, -0.25) is 0 Å². The first-order chi connectivity index (χ1) is 11.3. The lowest BCUT2D eigenvalue weighted by molar-refractivity contribution is 0.356. The Labute approximate surface area is 139 Å². The first-order valence-corrected chi connectivity index (χ1v) is 7.96. The molecule has 1 aromatic heterocycles. The van der Waals surface area contributed by atoms with Crippen LogP contribution in [-0.4, -0.2) is 26.3 Å². The van der Waals surface area contributed by atoms with E-state index in [2.05, 4.69) is 0 Å². The summed E-state index contributed by atoms with van der Waals surface area (Å²) in [5.41, 5.74) is 2.77. The van der Waals surface area contributed by atoms with Crippen LogP contribution in [-0.2, 0) is 0 Å². The van der Waals surface area contributed by atoms with E-state index in [1.807, 2.05) is 47.8 Å². The Kier molecular flexibility index (Phi) is 4.48. The summed E-state index contributed by atoms with van der Waals surface area (Å²) in [6, 6.07) is 13.6. The van der Waals surface area contributed by atoms with Crippen molar-refractivity contribution in [2.24, 2.45) is 0 Å². The van der Waals surface area contributed by atoms with Gasteiger partial charge in [-0.2, -0.15) is 0 Å². The molecule has 0 spiro atoms. The molecule has 0 aliphatic carbocycles. The van der Waals surface area contributed by atoms with Crippen LogP contribution in [0.4, 0.5) is 0 Å². The lowest BCUT2D eigenvalue weighted by atomic mass is 10.1. The first kappa shape index (κ1) is 15.4. The molecule has 1 heterocycles. The van der Waals surface area contributed by atoms with Gasteiger partial charge in [0.2, 0.25) is 0 Å². The quantitative estimate of drug-likeness (QED) is 0.691. The van der Waals surface area contributed by atoms with Crippen molar-refractivity contribution in [2.75, 3.05) is 21.3 Å². The van der Waals surface area contributed by atoms with Crippen LogP contribution in [0.2, 0.25) is 0 Å². The molecule has 4 nitrogen and oxygen atoms in total. The van der Waals surface area contributed by atoms with Crippen LogP contribution in [0.15, 0.2) is 47.8 Å². The summed E-state index contributed by atoms with van der Waals surface area (Å²) in [6.45, 7) is 0. The Morgan fingerprint density at radius 1 is 0.783 bits per heavy atom. The number of benzene rings is 2. The monoisotopic (exact) mass is 327 g/mol. The van der Waals surface area contributed by atoms with Crippen LogP contribution in [0.25, 0.3) is 21.8 Å². The summed E-state index contributed by atoms with van der Waals surface area (Å²) >= 11 is 1.56. The SMILES string of the molecule is COc1ccccc1-c1csc(-c2cccc(OC)c2OC)n1. The average molecular weight is 327 g/mol. The smallest absolute Gasteiger partial charge is 0.170 e. The molecule has 0 aliphatic heterocycles. The fraction of sp³-hybridized carbons (Fsp3) is 0.167. The molecule has 2 aromatic carbocycles. The molecule has 0 saturated heterocycles. The van der Waals surface area contributed by atoms with Crippen LogP contribution >= 0.6 is 11.3 Å². The number of rotatable bonds is 5. The highest BCUT2D eigenvalue weighted by Gasteiger charge is 2.16. The van der Waals surface area contributed by atoms with Crippen molar-refractivity contribution in [3.63, 3.8) is 0 Å². The molecule has 118 valence electrons. The standard InChI is InChI=1S/C18H17NO3S/c1-20-15-9-5-4-7-12(15)14-11-23-18(19-14)13-8-6-10-16(21-2)17(13)22-3/h4-11H,1-3H3. The molecule has 0 N–H and O–H groups in total. The Balaban J connectivity index is 2.06. The number of para-hydroxylation sites is 2. The highest BCUT2D eigenvalue weighted by molar-refractivity contribution is 7.13. The van der Waals surface area contributed by atoms with E-state index in [-0.39, 0.29) is 0 Å². The maximum absolute atomic E-state index is 5.50. The van der Waals surface area contributed by atoms with Crippen LogP contribution < -0.4 is 14.2 Å². The van der Waals surface area contributed by atoms with E-state index in [1.54, 1.807) is 32.7 Å². The molecule has 0 bridgehead atoms. The second kappa shape index (κ2) is 6.71. The second-order valence-corrected chi connectivity index (χ2v) is 5.64. The van der Waals surface area contributed by atoms with Gasteiger partial charge in [-0.25, -0.2) is 4.98 Å². The summed E-state index contributed by atoms with van der Waals surface area (Å²) in [5, 5.41) is 2.90. The third kappa shape index (κ3) is 2.87. The highest BCUT2D eigenvalue weighted by atomic mass is 32.1. The van der Waals surface area contributed by atoms with Crippen LogP contribution in [0.5, 0.6) is 17.2 Å². The van der Waals surface area contributed by atoms with E-state index in [0.717, 1.165) is 27.6 Å². The summed E-state index contributed by atoms with van der Waals surface area (Å²) in [4.78, 5) is 4.75. The number of nitrogens with zero attached hydrogens (tertiary/aromatic N) is 1. The summed E-state index contributed by atoms with van der Waals surface area (Å²) in [7, 11) is 4.93. The fourth-order valence-electron chi connectivity index (χ4n) is 2.43. The van der Waals surface area contributed by atoms with Gasteiger partial charge in [0.15, 0.2) is 11.5 Å². The summed E-state index contributed by atoms with van der Waals surface area (Å²) in [5.74, 6) is 2.19. The minimum atomic E-state index is 0.691. The van der Waals surface area contributed by atoms with Crippen LogP contribution in [0.3, 0.4) is 0 Å². The number of aromatic nitrogens is 1. The van der Waals surface area contributed by atoms with E-state index in [9.17, 15) is 0 Å². The second-order valence-electron chi connectivity index (χ2n) is 4.78. The average Bonchev–Trinajstić information content (AvgIpc) is 3.10. The Morgan fingerprint density at radius 3 is 2.22 bits per heavy atom. The molecule has 0 atom stereocenters. The van der Waals surface area contributed by atoms with Crippen LogP contribution in [0.1, 0.15) is 0 Å². The van der Waals surface area contributed by atoms with Gasteiger partial charge >= 0.3 is 0 Å². The minimum absolute atomic E-state index is 0.691. The molecule has 0 amide bonds. The normalized spacial score (nSPS) is 10.4. The Morgan fingerprint density at radius 2 is 1.48 bits per heavy atom. The molecular formula is C18H17NO3S. The van der Waals surface area contributed by atoms with Crippen molar-refractivity contribution in [1.82, 2.24) is 4.98 Å². The molecular weight excluding hydrogens is 310 g/mol. The fourth-order valence-corrected chi connectivity index (χ4v) is 3.27. The maximum Gasteiger partial charge on any atom is 0.170 e. The van der Waals surface area contributed by atoms with E-state index < -0.39 is 0 Å². The maximum atomic E-state index is 5.50. The molecule has 5 heteroatoms. The van der Waals surface area contributed by atoms with Crippen molar-refractivity contribution in [1.29, 1.82) is 0 Å². The van der Waals surface area contributed by atoms with Gasteiger partial charge in [0.1, 0.15) is 10.8 Å². The van der Waals surface area contributed by atoms with Crippen molar-refractivity contribution < 1.29 is 14.2 Å². The molecule has 0 radical (unpaired) electrons. The van der Waals surface area contributed by atoms with E-state index >= 15 is 0 Å². The lowest BCUT2D eigenvalue weighted by Gasteiger charge is -2.10. The van der Waals surface area contributed by atoms with Gasteiger partial charge in [-0.1, -0.05) is 18.2 Å². The molecule has 3 rings (SSSR count). The molecule has 23 heavy (non-hydrogen) atoms. The van der Waals surface area contributed by atoms with Crippen molar-refractivity contribution >= 4 is 11.3 Å². The number of ether oxygens (including phenoxy) is 3. The van der Waals surface area contributed by atoms with Gasteiger partial charge in [0.25, 0.3) is 0 Å². The van der Waals surface area contributed by atoms with E-state index in [0.29, 0.717) is 11.5 Å². The van der Waals surface area contributed by atoms with E-state index in [4.69, 9.17) is 19.2 Å². The predicted octanol–water partition coefficient (Wildman–Crippen LogP) is 4.50. The minimum Gasteiger partial charge on any atom is -0.496 e. The molecule has 0 unspecified atom stereocenters. The van der Waals surface area contributed by atoms with Crippen molar-refractivity contribution in [3.05, 3.63) is 47.8 Å². The van der Waals surface area contributed by atoms with Gasteiger partial charge in [-0.05, 0) is 24.3 Å². The first-order valence-electron chi connectivity index (χ1n) is 7.08. The van der Waals surface area contributed by atoms with Crippen molar-refractivity contribution in [2.45, 2.75) is 0 Å². The van der Waals surface area contributed by atoms with Gasteiger partial charge < -0.3 is 14.2 Å². The summed E-state index contributed by atoms with van der Waals surface area (Å²) < 4.78 is 16.3. The zero-order valence-corrected chi connectivity index (χ0v) is 14.0. The topological polar surface area (TPSA) is 40.6 Å². The molecule has 0 saturated carbocycles. The van der Waals surface area contributed by atoms with Gasteiger partial charge in [0.05, 0.1) is 32.6 Å². The zero-order chi connectivity index (χ0) is 16.2. The van der Waals surface area contributed by atoms with Gasteiger partial charge in [0, 0.05) is 10.9 Å². The molecule has 0 aliphatic rings. The predicted molar refractivity (Wildman–Crippen MR) is 92.6 cm³/mol. The summed E-state index contributed by atoms with van der Waals surface area (Å²) in [6.07, 6.45) is 0. The lowest BCUT2D eigenvalue weighted by Crippen LogP contribution is -1.93.